The van der Waals surface area contributed by atoms with Crippen molar-refractivity contribution in [3.05, 3.63) is 95.8 Å². The maximum absolute atomic E-state index is 13.0. The zero-order chi connectivity index (χ0) is 22.4. The molecule has 7 heteroatoms. The van der Waals surface area contributed by atoms with Gasteiger partial charge in [-0.1, -0.05) is 30.3 Å². The van der Waals surface area contributed by atoms with Crippen molar-refractivity contribution in [3.8, 4) is 0 Å². The maximum Gasteiger partial charge on any atom is 0.339 e. The monoisotopic (exact) mass is 420 g/mol. The molecular formula is C24H21FN2O4. The highest BCUT2D eigenvalue weighted by molar-refractivity contribution is 6.12. The molecule has 0 radical (unpaired) electrons. The number of benzene rings is 3. The number of hydrogen-bond acceptors (Lipinski definition) is 4. The van der Waals surface area contributed by atoms with Crippen molar-refractivity contribution in [2.24, 2.45) is 0 Å². The summed E-state index contributed by atoms with van der Waals surface area (Å²) in [5.74, 6) is -2.20. The Balaban J connectivity index is 1.72. The van der Waals surface area contributed by atoms with Gasteiger partial charge in [0.1, 0.15) is 5.82 Å². The van der Waals surface area contributed by atoms with E-state index in [0.29, 0.717) is 11.4 Å². The van der Waals surface area contributed by atoms with Gasteiger partial charge in [-0.2, -0.15) is 0 Å². The smallest absolute Gasteiger partial charge is 0.339 e. The van der Waals surface area contributed by atoms with Crippen LogP contribution in [0.3, 0.4) is 0 Å². The number of esters is 1. The summed E-state index contributed by atoms with van der Waals surface area (Å²) in [6, 6.07) is 20.5. The number of rotatable bonds is 6. The van der Waals surface area contributed by atoms with Gasteiger partial charge in [0.25, 0.3) is 11.8 Å². The first-order chi connectivity index (χ1) is 14.9. The second kappa shape index (κ2) is 9.67. The standard InChI is InChI=1S/C24H21FN2O4/c1-16(22(28)26-18-14-12-17(25)13-15-18)31-24(30)21-11-7-6-10-20(21)23(29)27(2)19-8-4-3-5-9-19/h3-16H,1-2H3,(H,26,28)/t16-/m0/s1. The predicted molar refractivity (Wildman–Crippen MR) is 116 cm³/mol. The largest absolute Gasteiger partial charge is 0.449 e. The molecule has 0 fully saturated rings. The van der Waals surface area contributed by atoms with Crippen LogP contribution in [0.1, 0.15) is 27.6 Å². The van der Waals surface area contributed by atoms with Gasteiger partial charge in [0, 0.05) is 18.4 Å². The van der Waals surface area contributed by atoms with Crippen LogP contribution < -0.4 is 10.2 Å². The third-order valence-electron chi connectivity index (χ3n) is 4.59. The summed E-state index contributed by atoms with van der Waals surface area (Å²) in [5.41, 5.74) is 1.25. The summed E-state index contributed by atoms with van der Waals surface area (Å²) in [7, 11) is 1.61. The van der Waals surface area contributed by atoms with E-state index in [9.17, 15) is 18.8 Å². The van der Waals surface area contributed by atoms with E-state index < -0.39 is 23.8 Å². The Kier molecular flexibility index (Phi) is 6.77. The van der Waals surface area contributed by atoms with Crippen molar-refractivity contribution >= 4 is 29.2 Å². The van der Waals surface area contributed by atoms with Crippen LogP contribution in [-0.2, 0) is 9.53 Å². The van der Waals surface area contributed by atoms with Crippen LogP contribution in [0.2, 0.25) is 0 Å². The van der Waals surface area contributed by atoms with Crippen molar-refractivity contribution in [2.45, 2.75) is 13.0 Å². The molecule has 0 aromatic heterocycles. The van der Waals surface area contributed by atoms with Crippen molar-refractivity contribution in [1.82, 2.24) is 0 Å². The van der Waals surface area contributed by atoms with Crippen molar-refractivity contribution in [3.63, 3.8) is 0 Å². The second-order valence-corrected chi connectivity index (χ2v) is 6.79. The average Bonchev–Trinajstić information content (AvgIpc) is 2.80. The van der Waals surface area contributed by atoms with Gasteiger partial charge in [-0.25, -0.2) is 9.18 Å². The average molecular weight is 420 g/mol. The predicted octanol–water partition coefficient (Wildman–Crippen LogP) is 4.29. The Bertz CT molecular complexity index is 1080. The number of amides is 2. The van der Waals surface area contributed by atoms with Crippen LogP contribution in [0.5, 0.6) is 0 Å². The number of hydrogen-bond donors (Lipinski definition) is 1. The molecule has 0 spiro atoms. The zero-order valence-electron chi connectivity index (χ0n) is 17.0. The normalized spacial score (nSPS) is 11.3. The second-order valence-electron chi connectivity index (χ2n) is 6.79. The number of carbonyl (C=O) groups excluding carboxylic acids is 3. The highest BCUT2D eigenvalue weighted by Crippen LogP contribution is 2.19. The summed E-state index contributed by atoms with van der Waals surface area (Å²) < 4.78 is 18.3. The maximum atomic E-state index is 13.0. The third-order valence-corrected chi connectivity index (χ3v) is 4.59. The van der Waals surface area contributed by atoms with E-state index in [4.69, 9.17) is 4.74 Å². The lowest BCUT2D eigenvalue weighted by Crippen LogP contribution is -2.32. The molecule has 3 aromatic rings. The van der Waals surface area contributed by atoms with Crippen LogP contribution >= 0.6 is 0 Å². The molecule has 0 bridgehead atoms. The lowest BCUT2D eigenvalue weighted by molar-refractivity contribution is -0.123. The molecule has 0 aliphatic heterocycles. The Morgan fingerprint density at radius 2 is 1.45 bits per heavy atom. The van der Waals surface area contributed by atoms with Gasteiger partial charge in [0.15, 0.2) is 6.10 Å². The molecule has 31 heavy (non-hydrogen) atoms. The van der Waals surface area contributed by atoms with Gasteiger partial charge in [-0.15, -0.1) is 0 Å². The fourth-order valence-corrected chi connectivity index (χ4v) is 2.85. The highest BCUT2D eigenvalue weighted by atomic mass is 19.1. The van der Waals surface area contributed by atoms with E-state index in [1.807, 2.05) is 6.07 Å². The van der Waals surface area contributed by atoms with Gasteiger partial charge < -0.3 is 15.0 Å². The number of nitrogens with one attached hydrogen (secondary N) is 1. The molecular weight excluding hydrogens is 399 g/mol. The molecule has 6 nitrogen and oxygen atoms in total. The molecule has 3 aromatic carbocycles. The minimum Gasteiger partial charge on any atom is -0.449 e. The van der Waals surface area contributed by atoms with Crippen LogP contribution in [0.15, 0.2) is 78.9 Å². The molecule has 1 N–H and O–H groups in total. The summed E-state index contributed by atoms with van der Waals surface area (Å²) in [6.45, 7) is 1.41. The van der Waals surface area contributed by atoms with Gasteiger partial charge >= 0.3 is 5.97 Å². The molecule has 0 saturated carbocycles. The molecule has 1 atom stereocenters. The van der Waals surface area contributed by atoms with Gasteiger partial charge in [0.05, 0.1) is 11.1 Å². The Labute approximate surface area is 179 Å². The molecule has 0 unspecified atom stereocenters. The SMILES string of the molecule is C[C@H](OC(=O)c1ccccc1C(=O)N(C)c1ccccc1)C(=O)Nc1ccc(F)cc1. The summed E-state index contributed by atoms with van der Waals surface area (Å²) in [6.07, 6.45) is -1.13. The molecule has 2 amide bonds. The number of carbonyl (C=O) groups is 3. The van der Waals surface area contributed by atoms with E-state index in [-0.39, 0.29) is 17.0 Å². The highest BCUT2D eigenvalue weighted by Gasteiger charge is 2.24. The minimum absolute atomic E-state index is 0.0525. The van der Waals surface area contributed by atoms with Crippen LogP contribution in [-0.4, -0.2) is 30.9 Å². The summed E-state index contributed by atoms with van der Waals surface area (Å²) >= 11 is 0. The quantitative estimate of drug-likeness (QED) is 0.604. The first-order valence-electron chi connectivity index (χ1n) is 9.56. The fraction of sp³-hybridized carbons (Fsp3) is 0.125. The van der Waals surface area contributed by atoms with Crippen molar-refractivity contribution < 1.29 is 23.5 Å². The minimum atomic E-state index is -1.13. The molecule has 3 rings (SSSR count). The van der Waals surface area contributed by atoms with Gasteiger partial charge in [-0.3, -0.25) is 9.59 Å². The molecule has 158 valence electrons. The fourth-order valence-electron chi connectivity index (χ4n) is 2.85. The Morgan fingerprint density at radius 1 is 0.871 bits per heavy atom. The lowest BCUT2D eigenvalue weighted by atomic mass is 10.1. The van der Waals surface area contributed by atoms with Gasteiger partial charge in [0.2, 0.25) is 0 Å². The van der Waals surface area contributed by atoms with E-state index in [2.05, 4.69) is 5.32 Å². The van der Waals surface area contributed by atoms with E-state index in [1.165, 1.54) is 48.2 Å². The Morgan fingerprint density at radius 3 is 2.10 bits per heavy atom. The van der Waals surface area contributed by atoms with Gasteiger partial charge in [-0.05, 0) is 55.5 Å². The number of anilines is 2. The van der Waals surface area contributed by atoms with E-state index >= 15 is 0 Å². The first-order valence-corrected chi connectivity index (χ1v) is 9.56. The first kappa shape index (κ1) is 21.7. The number of halogens is 1. The number of para-hydroxylation sites is 1. The summed E-state index contributed by atoms with van der Waals surface area (Å²) in [5, 5.41) is 2.54. The number of nitrogens with zero attached hydrogens (tertiary/aromatic N) is 1. The lowest BCUT2D eigenvalue weighted by Gasteiger charge is -2.19. The van der Waals surface area contributed by atoms with Crippen LogP contribution in [0.25, 0.3) is 0 Å². The van der Waals surface area contributed by atoms with Crippen molar-refractivity contribution in [2.75, 3.05) is 17.3 Å². The van der Waals surface area contributed by atoms with Crippen molar-refractivity contribution in [1.29, 1.82) is 0 Å². The third kappa shape index (κ3) is 5.33. The van der Waals surface area contributed by atoms with E-state index in [0.717, 1.165) is 0 Å². The topological polar surface area (TPSA) is 75.7 Å². The summed E-state index contributed by atoms with van der Waals surface area (Å²) in [4.78, 5) is 39.4. The molecule has 0 saturated heterocycles. The molecule has 0 aliphatic rings. The molecule has 0 aliphatic carbocycles. The molecule has 0 heterocycles. The van der Waals surface area contributed by atoms with E-state index in [1.54, 1.807) is 43.4 Å². The number of ether oxygens (including phenoxy) is 1. The zero-order valence-corrected chi connectivity index (χ0v) is 17.0. The van der Waals surface area contributed by atoms with Crippen LogP contribution in [0.4, 0.5) is 15.8 Å². The van der Waals surface area contributed by atoms with Crippen LogP contribution in [0, 0.1) is 5.82 Å². The Hall–Kier alpha value is -4.00.